The predicted molar refractivity (Wildman–Crippen MR) is 55.7 cm³/mol. The van der Waals surface area contributed by atoms with Crippen molar-refractivity contribution >= 4 is 29.2 Å². The topological polar surface area (TPSA) is 0 Å². The summed E-state index contributed by atoms with van der Waals surface area (Å²) in [6, 6.07) is 0. The Kier molecular flexibility index (Phi) is 2.79. The zero-order valence-corrected chi connectivity index (χ0v) is 8.73. The molecule has 0 aromatic carbocycles. The highest BCUT2D eigenvalue weighted by atomic mass is 32.2. The molecule has 0 saturated heterocycles. The molecule has 60 valence electrons. The number of hydrogen-bond donors (Lipinski definition) is 0. The Balaban J connectivity index is 3.28. The van der Waals surface area contributed by atoms with Crippen LogP contribution < -0.4 is 0 Å². The fourth-order valence-electron chi connectivity index (χ4n) is 1.17. The highest BCUT2D eigenvalue weighted by Gasteiger charge is 2.07. The highest BCUT2D eigenvalue weighted by Crippen LogP contribution is 2.34. The average Bonchev–Trinajstić information content (AvgIpc) is 2.24. The molecule has 0 spiro atoms. The van der Waals surface area contributed by atoms with Gasteiger partial charge in [0.1, 0.15) is 0 Å². The van der Waals surface area contributed by atoms with E-state index in [2.05, 4.69) is 26.7 Å². The summed E-state index contributed by atoms with van der Waals surface area (Å²) in [5.41, 5.74) is 1.32. The first-order chi connectivity index (χ1) is 5.20. The maximum Gasteiger partial charge on any atom is 0.0281 e. The Morgan fingerprint density at radius 3 is 2.36 bits per heavy atom. The van der Waals surface area contributed by atoms with E-state index in [1.807, 2.05) is 17.4 Å². The summed E-state index contributed by atoms with van der Waals surface area (Å²) in [6.45, 7) is 8.12. The molecule has 0 nitrogen and oxygen atoms in total. The summed E-state index contributed by atoms with van der Waals surface area (Å²) >= 11 is 3.66. The lowest BCUT2D eigenvalue weighted by atomic mass is 10.2. The average molecular weight is 184 g/mol. The minimum atomic E-state index is 1.32. The van der Waals surface area contributed by atoms with E-state index in [0.717, 1.165) is 0 Å². The molecule has 1 rings (SSSR count). The molecule has 1 aromatic rings. The smallest absolute Gasteiger partial charge is 0.0281 e. The molecule has 0 saturated carbocycles. The molecule has 1 aromatic heterocycles. The maximum atomic E-state index is 3.81. The van der Waals surface area contributed by atoms with Crippen LogP contribution >= 0.6 is 23.1 Å². The Labute approximate surface area is 76.3 Å². The zero-order valence-electron chi connectivity index (χ0n) is 7.10. The van der Waals surface area contributed by atoms with Crippen LogP contribution in [0, 0.1) is 13.8 Å². The molecule has 0 aliphatic heterocycles. The third-order valence-corrected chi connectivity index (χ3v) is 3.76. The third kappa shape index (κ3) is 1.52. The second-order valence-corrected chi connectivity index (χ2v) is 4.61. The molecule has 0 bridgehead atoms. The van der Waals surface area contributed by atoms with Crippen molar-refractivity contribution in [2.75, 3.05) is 6.26 Å². The Bertz CT molecular complexity index is 271. The van der Waals surface area contributed by atoms with E-state index in [1.54, 1.807) is 11.8 Å². The molecule has 11 heavy (non-hydrogen) atoms. The highest BCUT2D eigenvalue weighted by molar-refractivity contribution is 7.98. The van der Waals surface area contributed by atoms with Crippen molar-refractivity contribution in [1.82, 2.24) is 0 Å². The van der Waals surface area contributed by atoms with Crippen molar-refractivity contribution in [3.63, 3.8) is 0 Å². The summed E-state index contributed by atoms with van der Waals surface area (Å²) in [5.74, 6) is 0. The molecular weight excluding hydrogens is 172 g/mol. The van der Waals surface area contributed by atoms with E-state index in [4.69, 9.17) is 0 Å². The summed E-state index contributed by atoms with van der Waals surface area (Å²) in [5, 5.41) is 0. The maximum absolute atomic E-state index is 3.81. The van der Waals surface area contributed by atoms with Crippen LogP contribution in [0.4, 0.5) is 0 Å². The summed E-state index contributed by atoms with van der Waals surface area (Å²) < 4.78 is 0. The zero-order chi connectivity index (χ0) is 8.43. The van der Waals surface area contributed by atoms with Crippen molar-refractivity contribution in [2.45, 2.75) is 18.7 Å². The molecule has 0 fully saturated rings. The van der Waals surface area contributed by atoms with Gasteiger partial charge in [0.2, 0.25) is 0 Å². The van der Waals surface area contributed by atoms with E-state index in [1.165, 1.54) is 20.2 Å². The van der Waals surface area contributed by atoms with Gasteiger partial charge in [0, 0.05) is 20.2 Å². The summed E-state index contributed by atoms with van der Waals surface area (Å²) in [4.78, 5) is 4.18. The Morgan fingerprint density at radius 2 is 2.00 bits per heavy atom. The van der Waals surface area contributed by atoms with Crippen molar-refractivity contribution < 1.29 is 0 Å². The van der Waals surface area contributed by atoms with E-state index < -0.39 is 0 Å². The van der Waals surface area contributed by atoms with E-state index in [9.17, 15) is 0 Å². The van der Waals surface area contributed by atoms with Gasteiger partial charge in [-0.15, -0.1) is 23.1 Å². The van der Waals surface area contributed by atoms with Crippen LogP contribution in [0.15, 0.2) is 11.5 Å². The second kappa shape index (κ2) is 3.46. The lowest BCUT2D eigenvalue weighted by molar-refractivity contribution is 1.38. The molecule has 0 aliphatic rings. The number of thiophene rings is 1. The SMILES string of the molecule is C=Cc1c(C)sc(C)c1SC. The van der Waals surface area contributed by atoms with E-state index in [0.29, 0.717) is 0 Å². The number of thioether (sulfide) groups is 1. The summed E-state index contributed by atoms with van der Waals surface area (Å²) in [6.07, 6.45) is 4.06. The van der Waals surface area contributed by atoms with Crippen molar-refractivity contribution in [3.05, 3.63) is 21.9 Å². The van der Waals surface area contributed by atoms with E-state index in [-0.39, 0.29) is 0 Å². The van der Waals surface area contributed by atoms with Crippen molar-refractivity contribution in [3.8, 4) is 0 Å². The second-order valence-electron chi connectivity index (χ2n) is 2.37. The first-order valence-electron chi connectivity index (χ1n) is 3.47. The van der Waals surface area contributed by atoms with Gasteiger partial charge in [-0.05, 0) is 20.1 Å². The molecule has 0 atom stereocenters. The van der Waals surface area contributed by atoms with Gasteiger partial charge < -0.3 is 0 Å². The fourth-order valence-corrected chi connectivity index (χ4v) is 3.31. The summed E-state index contributed by atoms with van der Waals surface area (Å²) in [7, 11) is 0. The quantitative estimate of drug-likeness (QED) is 0.631. The van der Waals surface area contributed by atoms with Crippen LogP contribution in [0.2, 0.25) is 0 Å². The molecule has 0 N–H and O–H groups in total. The van der Waals surface area contributed by atoms with Gasteiger partial charge in [-0.2, -0.15) is 0 Å². The minimum absolute atomic E-state index is 1.32. The van der Waals surface area contributed by atoms with Crippen LogP contribution in [0.3, 0.4) is 0 Å². The van der Waals surface area contributed by atoms with Gasteiger partial charge in [-0.1, -0.05) is 12.7 Å². The van der Waals surface area contributed by atoms with Crippen LogP contribution in [-0.2, 0) is 0 Å². The van der Waals surface area contributed by atoms with Crippen LogP contribution in [0.5, 0.6) is 0 Å². The Hall–Kier alpha value is -0.210. The molecule has 1 heterocycles. The van der Waals surface area contributed by atoms with Gasteiger partial charge in [0.15, 0.2) is 0 Å². The minimum Gasteiger partial charge on any atom is -0.144 e. The number of aryl methyl sites for hydroxylation is 2. The normalized spacial score (nSPS) is 10.1. The van der Waals surface area contributed by atoms with Gasteiger partial charge >= 0.3 is 0 Å². The van der Waals surface area contributed by atoms with E-state index >= 15 is 0 Å². The van der Waals surface area contributed by atoms with Crippen LogP contribution in [0.1, 0.15) is 15.3 Å². The van der Waals surface area contributed by atoms with Crippen LogP contribution in [-0.4, -0.2) is 6.26 Å². The van der Waals surface area contributed by atoms with Gasteiger partial charge in [0.25, 0.3) is 0 Å². The third-order valence-electron chi connectivity index (χ3n) is 1.66. The first kappa shape index (κ1) is 8.88. The first-order valence-corrected chi connectivity index (χ1v) is 5.51. The van der Waals surface area contributed by atoms with Gasteiger partial charge in [0.05, 0.1) is 0 Å². The number of hydrogen-bond acceptors (Lipinski definition) is 2. The van der Waals surface area contributed by atoms with Gasteiger partial charge in [-0.3, -0.25) is 0 Å². The molecular formula is C9H12S2. The predicted octanol–water partition coefficient (Wildman–Crippen LogP) is 3.73. The van der Waals surface area contributed by atoms with Crippen molar-refractivity contribution in [1.29, 1.82) is 0 Å². The molecule has 2 heteroatoms. The Morgan fingerprint density at radius 1 is 1.36 bits per heavy atom. The monoisotopic (exact) mass is 184 g/mol. The van der Waals surface area contributed by atoms with Gasteiger partial charge in [-0.25, -0.2) is 0 Å². The standard InChI is InChI=1S/C9H12S2/c1-5-8-6(2)11-7(3)9(8)10-4/h5H,1H2,2-4H3. The number of rotatable bonds is 2. The molecule has 0 amide bonds. The van der Waals surface area contributed by atoms with Crippen LogP contribution in [0.25, 0.3) is 6.08 Å². The fraction of sp³-hybridized carbons (Fsp3) is 0.333. The molecule has 0 aliphatic carbocycles. The lowest BCUT2D eigenvalue weighted by Gasteiger charge is -1.95. The molecule has 0 unspecified atom stereocenters. The lowest BCUT2D eigenvalue weighted by Crippen LogP contribution is -1.73. The largest absolute Gasteiger partial charge is 0.144 e. The molecule has 0 radical (unpaired) electrons. The van der Waals surface area contributed by atoms with Crippen molar-refractivity contribution in [2.24, 2.45) is 0 Å².